The highest BCUT2D eigenvalue weighted by Gasteiger charge is 2.51. The molecular weight excluding hydrogens is 1220 g/mol. The van der Waals surface area contributed by atoms with E-state index >= 15 is 24.0 Å². The molecule has 0 aliphatic carbocycles. The van der Waals surface area contributed by atoms with Crippen LogP contribution in [0.3, 0.4) is 0 Å². The Morgan fingerprint density at radius 2 is 1.11 bits per heavy atom. The molecule has 3 heterocycles. The molecule has 2 bridgehead atoms. The number of carbonyl (C=O) groups excluding carboxylic acids is 10. The third kappa shape index (κ3) is 21.2. The fourth-order valence-corrected chi connectivity index (χ4v) is 13.7. The van der Waals surface area contributed by atoms with E-state index in [9.17, 15) is 37.8 Å². The number of likely N-dealkylation sites (N-methyl/N-ethyl adjacent to an activating group) is 7. The van der Waals surface area contributed by atoms with E-state index in [-0.39, 0.29) is 50.0 Å². The topological polar surface area (TPSA) is 312 Å². The van der Waals surface area contributed by atoms with Crippen molar-refractivity contribution in [3.05, 3.63) is 12.2 Å². The van der Waals surface area contributed by atoms with Gasteiger partial charge in [-0.25, -0.2) is 4.21 Å². The van der Waals surface area contributed by atoms with Gasteiger partial charge in [-0.2, -0.15) is 0 Å². The Hall–Kier alpha value is -5.61. The van der Waals surface area contributed by atoms with Crippen LogP contribution in [0.25, 0.3) is 0 Å². The molecule has 10 amide bonds. The zero-order valence-electron chi connectivity index (χ0n) is 60.1. The second-order valence-electron chi connectivity index (χ2n) is 28.3. The smallest absolute Gasteiger partial charge is 0.246 e. The molecule has 0 aromatic rings. The van der Waals surface area contributed by atoms with Gasteiger partial charge in [-0.05, 0) is 135 Å². The number of ether oxygens (including phenoxy) is 1. The largest absolute Gasteiger partial charge is 0.376 e. The van der Waals surface area contributed by atoms with Crippen LogP contribution in [-0.4, -0.2) is 271 Å². The first-order valence-corrected chi connectivity index (χ1v) is 34.7. The van der Waals surface area contributed by atoms with Crippen LogP contribution in [0.5, 0.6) is 0 Å². The Bertz CT molecular complexity index is 2620. The van der Waals surface area contributed by atoms with E-state index in [4.69, 9.17) is 4.74 Å². The molecule has 532 valence electrons. The number of hydrogen-bond donors (Lipinski definition) is 6. The summed E-state index contributed by atoms with van der Waals surface area (Å²) in [6, 6.07) is -13.3. The Labute approximate surface area is 557 Å². The lowest BCUT2D eigenvalue weighted by Gasteiger charge is -2.43. The number of allylic oxidation sites excluding steroid dienone is 2. The Morgan fingerprint density at radius 3 is 1.62 bits per heavy atom. The van der Waals surface area contributed by atoms with Crippen molar-refractivity contribution < 1.29 is 66.6 Å². The van der Waals surface area contributed by atoms with Crippen LogP contribution in [-0.2, 0) is 63.8 Å². The van der Waals surface area contributed by atoms with Crippen molar-refractivity contribution in [3.8, 4) is 0 Å². The first-order chi connectivity index (χ1) is 43.2. The molecule has 17 atom stereocenters. The number of piperidine rings is 1. The minimum Gasteiger partial charge on any atom is -0.376 e. The maximum Gasteiger partial charge on any atom is 0.246 e. The molecule has 17 unspecified atom stereocenters. The normalized spacial score (nSPS) is 31.2. The highest BCUT2D eigenvalue weighted by molar-refractivity contribution is 7.79. The first kappa shape index (κ1) is 81.6. The van der Waals surface area contributed by atoms with Crippen molar-refractivity contribution in [2.75, 3.05) is 69.0 Å². The van der Waals surface area contributed by atoms with Gasteiger partial charge in [-0.3, -0.25) is 52.8 Å². The van der Waals surface area contributed by atoms with Gasteiger partial charge < -0.3 is 70.0 Å². The number of nitrogens with zero attached hydrogens (tertiary/aromatic N) is 8. The van der Waals surface area contributed by atoms with Crippen LogP contribution in [0.1, 0.15) is 156 Å². The number of fused-ring (bicyclic) bond motifs is 3. The van der Waals surface area contributed by atoms with E-state index in [0.29, 0.717) is 32.4 Å². The Balaban J connectivity index is 2.34. The summed E-state index contributed by atoms with van der Waals surface area (Å²) in [6.07, 6.45) is 2.17. The Morgan fingerprint density at radius 1 is 0.570 bits per heavy atom. The summed E-state index contributed by atoms with van der Waals surface area (Å²) in [5.41, 5.74) is 0. The SMILES string of the molecule is CC=CCC(C)C1OC(C)C2C(=O)N(C)C1C(=O)NC(CC)C(=O)N(C)C(C)C(=O)N(C)C(C(C)CN1CCC(S(=O)O)CC1)C(=O)NC(C(C)C)C(=O)N(C)C(CC(C)C)C(=O)NC(C)C(=O)NC(C)C(=O)N(C)C(CC(C)C)C(=O)N(C)C(CC(C)C)C(O)N2C. The van der Waals surface area contributed by atoms with Crippen molar-refractivity contribution in [1.82, 2.24) is 60.5 Å². The third-order valence-electron chi connectivity index (χ3n) is 19.0. The fraction of sp³-hybridized carbons (Fsp3) is 0.818. The van der Waals surface area contributed by atoms with Crippen LogP contribution >= 0.6 is 0 Å². The summed E-state index contributed by atoms with van der Waals surface area (Å²) in [7, 11) is 10.3. The minimum atomic E-state index is -2.03. The van der Waals surface area contributed by atoms with Crippen LogP contribution in [0.15, 0.2) is 12.2 Å². The molecule has 0 saturated carbocycles. The number of likely N-dealkylation sites (tertiary alicyclic amines) is 1. The molecule has 0 radical (unpaired) electrons. The van der Waals surface area contributed by atoms with E-state index in [1.807, 2.05) is 72.4 Å². The van der Waals surface area contributed by atoms with Crippen molar-refractivity contribution in [2.45, 2.75) is 246 Å². The molecule has 3 aliphatic rings. The zero-order chi connectivity index (χ0) is 71.1. The van der Waals surface area contributed by atoms with Crippen molar-refractivity contribution >= 4 is 70.2 Å². The number of aliphatic hydroxyl groups excluding tert-OH is 1. The zero-order valence-corrected chi connectivity index (χ0v) is 60.9. The van der Waals surface area contributed by atoms with Gasteiger partial charge in [-0.15, -0.1) is 0 Å². The lowest BCUT2D eigenvalue weighted by atomic mass is 9.92. The van der Waals surface area contributed by atoms with Gasteiger partial charge in [0, 0.05) is 48.8 Å². The van der Waals surface area contributed by atoms with Crippen molar-refractivity contribution in [1.29, 1.82) is 0 Å². The summed E-state index contributed by atoms with van der Waals surface area (Å²) < 4.78 is 28.7. The van der Waals surface area contributed by atoms with Gasteiger partial charge in [0.15, 0.2) is 11.1 Å². The molecule has 26 nitrogen and oxygen atoms in total. The van der Waals surface area contributed by atoms with Crippen molar-refractivity contribution in [3.63, 3.8) is 0 Å². The average Bonchev–Trinajstić information content (AvgIpc) is 1.85. The lowest BCUT2D eigenvalue weighted by molar-refractivity contribution is -0.157. The fourth-order valence-electron chi connectivity index (χ4n) is 13.1. The van der Waals surface area contributed by atoms with Gasteiger partial charge in [-0.1, -0.05) is 88.3 Å². The monoisotopic (exact) mass is 1330 g/mol. The molecule has 3 rings (SSSR count). The molecule has 0 aromatic carbocycles. The third-order valence-corrected chi connectivity index (χ3v) is 20.1. The summed E-state index contributed by atoms with van der Waals surface area (Å²) in [6.45, 7) is 29.2. The number of aliphatic hydroxyl groups is 1. The van der Waals surface area contributed by atoms with E-state index < -0.39 is 178 Å². The van der Waals surface area contributed by atoms with Crippen LogP contribution in [0.2, 0.25) is 0 Å². The molecule has 0 spiro atoms. The highest BCUT2D eigenvalue weighted by Crippen LogP contribution is 2.31. The second kappa shape index (κ2) is 36.5. The standard InChI is InChI=1S/C66H118N12O14S/c1-24-26-27-40(11)55-54-59(82)69-47(25-2)62(85)71(17)44(15)61(84)75(21)52(41(12)35-78-30-28-46(29-31-78)93(90)91)58(81)70-51(39(9)10)65(88)72(18)48(32-36(3)4)57(80)67-42(13)56(79)68-43(14)60(83)73(19)49(33-37(5)6)63(86)74(20)50(34-38(7)8)64(87)76(22)53(45(16)92-55)66(89)77(54)23/h24,26,36-55,64,87H,25,27-35H2,1-23H3,(H,67,80)(H,68,79)(H,69,82)(H,70,81)(H,90,91). The second-order valence-corrected chi connectivity index (χ2v) is 29.5. The first-order valence-electron chi connectivity index (χ1n) is 33.5. The number of amides is 10. The van der Waals surface area contributed by atoms with Gasteiger partial charge in [0.2, 0.25) is 59.1 Å². The maximum absolute atomic E-state index is 15.2. The predicted octanol–water partition coefficient (Wildman–Crippen LogP) is 2.50. The van der Waals surface area contributed by atoms with Crippen molar-refractivity contribution in [2.24, 2.45) is 35.5 Å². The highest BCUT2D eigenvalue weighted by atomic mass is 32.2. The molecule has 93 heavy (non-hydrogen) atoms. The Kier molecular flexibility index (Phi) is 32.0. The van der Waals surface area contributed by atoms with Gasteiger partial charge in [0.05, 0.1) is 23.5 Å². The number of carbonyl (C=O) groups is 10. The molecule has 6 N–H and O–H groups in total. The molecule has 27 heteroatoms. The summed E-state index contributed by atoms with van der Waals surface area (Å²) in [5.74, 6) is -8.57. The number of hydrogen-bond acceptors (Lipinski definition) is 15. The minimum absolute atomic E-state index is 0.0452. The maximum atomic E-state index is 15.2. The van der Waals surface area contributed by atoms with E-state index in [1.54, 1.807) is 41.7 Å². The van der Waals surface area contributed by atoms with E-state index in [2.05, 4.69) is 21.3 Å². The average molecular weight is 1340 g/mol. The molecule has 0 aromatic heterocycles. The quantitative estimate of drug-likeness (QED) is 0.101. The van der Waals surface area contributed by atoms with Gasteiger partial charge in [0.25, 0.3) is 0 Å². The number of rotatable bonds is 15. The van der Waals surface area contributed by atoms with E-state index in [0.717, 1.165) is 0 Å². The molecule has 3 fully saturated rings. The molecule has 3 aliphatic heterocycles. The van der Waals surface area contributed by atoms with Gasteiger partial charge in [0.1, 0.15) is 66.6 Å². The summed E-state index contributed by atoms with van der Waals surface area (Å²) in [5, 5.41) is 23.5. The van der Waals surface area contributed by atoms with E-state index in [1.165, 1.54) is 97.4 Å². The summed E-state index contributed by atoms with van der Waals surface area (Å²) in [4.78, 5) is 159. The summed E-state index contributed by atoms with van der Waals surface area (Å²) >= 11 is -2.03. The van der Waals surface area contributed by atoms with Crippen LogP contribution < -0.4 is 21.3 Å². The predicted molar refractivity (Wildman–Crippen MR) is 357 cm³/mol. The molecule has 3 saturated heterocycles. The lowest BCUT2D eigenvalue weighted by Crippen LogP contribution is -2.63. The van der Waals surface area contributed by atoms with Crippen LogP contribution in [0, 0.1) is 35.5 Å². The van der Waals surface area contributed by atoms with Gasteiger partial charge >= 0.3 is 0 Å². The van der Waals surface area contributed by atoms with Crippen LogP contribution in [0.4, 0.5) is 0 Å². The number of nitrogens with one attached hydrogen (secondary N) is 4. The molecular formula is C66H118N12O14S.